The highest BCUT2D eigenvalue weighted by Gasteiger charge is 2.11. The summed E-state index contributed by atoms with van der Waals surface area (Å²) in [5, 5.41) is 7.01. The van der Waals surface area contributed by atoms with Crippen molar-refractivity contribution >= 4 is 43.5 Å². The van der Waals surface area contributed by atoms with Crippen molar-refractivity contribution < 1.29 is 4.79 Å². The van der Waals surface area contributed by atoms with Gasteiger partial charge in [-0.15, -0.1) is 0 Å². The van der Waals surface area contributed by atoms with Crippen LogP contribution in [-0.2, 0) is 0 Å². The van der Waals surface area contributed by atoms with Gasteiger partial charge in [-0.3, -0.25) is 9.48 Å². The molecule has 1 amide bonds. The molecule has 2 aromatic rings. The molecule has 0 unspecified atom stereocenters. The van der Waals surface area contributed by atoms with E-state index in [0.29, 0.717) is 11.3 Å². The zero-order chi connectivity index (χ0) is 14.0. The zero-order valence-corrected chi connectivity index (χ0v) is 13.7. The van der Waals surface area contributed by atoms with Crippen LogP contribution in [0.4, 0.5) is 5.69 Å². The van der Waals surface area contributed by atoms with E-state index >= 15 is 0 Å². The molecule has 0 aliphatic carbocycles. The number of halogens is 2. The van der Waals surface area contributed by atoms with Crippen molar-refractivity contribution in [3.05, 3.63) is 45.1 Å². The van der Waals surface area contributed by atoms with Gasteiger partial charge >= 0.3 is 0 Å². The normalized spacial score (nSPS) is 10.8. The third kappa shape index (κ3) is 3.45. The Labute approximate surface area is 128 Å². The van der Waals surface area contributed by atoms with E-state index in [1.165, 1.54) is 0 Å². The first-order chi connectivity index (χ1) is 8.97. The van der Waals surface area contributed by atoms with Crippen LogP contribution in [0, 0.1) is 0 Å². The number of nitrogens with zero attached hydrogens (tertiary/aromatic N) is 2. The predicted molar refractivity (Wildman–Crippen MR) is 82.4 cm³/mol. The van der Waals surface area contributed by atoms with Gasteiger partial charge in [0.25, 0.3) is 5.91 Å². The molecule has 0 atom stereocenters. The molecule has 0 aliphatic rings. The molecule has 0 saturated heterocycles. The number of carbonyl (C=O) groups is 1. The summed E-state index contributed by atoms with van der Waals surface area (Å²) in [4.78, 5) is 12.1. The number of benzene rings is 1. The van der Waals surface area contributed by atoms with Gasteiger partial charge in [0.15, 0.2) is 0 Å². The lowest BCUT2D eigenvalue weighted by Crippen LogP contribution is -2.12. The fraction of sp³-hybridized carbons (Fsp3) is 0.231. The number of aromatic nitrogens is 2. The minimum atomic E-state index is -0.164. The number of hydrogen-bond donors (Lipinski definition) is 1. The summed E-state index contributed by atoms with van der Waals surface area (Å²) >= 11 is 6.73. The predicted octanol–water partition coefficient (Wildman–Crippen LogP) is 4.24. The van der Waals surface area contributed by atoms with E-state index in [2.05, 4.69) is 42.3 Å². The van der Waals surface area contributed by atoms with Gasteiger partial charge in [0.1, 0.15) is 0 Å². The Morgan fingerprint density at radius 3 is 2.68 bits per heavy atom. The van der Waals surface area contributed by atoms with Gasteiger partial charge in [-0.25, -0.2) is 0 Å². The highest BCUT2D eigenvalue weighted by molar-refractivity contribution is 9.11. The SMILES string of the molecule is CC(C)n1cc(NC(=O)c2ccc(Br)cc2Br)cn1. The number of carbonyl (C=O) groups excluding carboxylic acids is 1. The molecule has 0 saturated carbocycles. The molecule has 4 nitrogen and oxygen atoms in total. The minimum absolute atomic E-state index is 0.164. The average Bonchev–Trinajstić information content (AvgIpc) is 2.77. The molecule has 19 heavy (non-hydrogen) atoms. The van der Waals surface area contributed by atoms with E-state index in [4.69, 9.17) is 0 Å². The van der Waals surface area contributed by atoms with Crippen LogP contribution in [0.5, 0.6) is 0 Å². The standard InChI is InChI=1S/C13H13Br2N3O/c1-8(2)18-7-10(6-16-18)17-13(19)11-4-3-9(14)5-12(11)15/h3-8H,1-2H3,(H,17,19). The molecule has 1 heterocycles. The molecule has 1 N–H and O–H groups in total. The molecular weight excluding hydrogens is 374 g/mol. The highest BCUT2D eigenvalue weighted by atomic mass is 79.9. The number of hydrogen-bond acceptors (Lipinski definition) is 2. The molecule has 100 valence electrons. The molecule has 2 rings (SSSR count). The molecule has 0 aliphatic heterocycles. The van der Waals surface area contributed by atoms with Crippen molar-refractivity contribution in [3.8, 4) is 0 Å². The van der Waals surface area contributed by atoms with Crippen molar-refractivity contribution in [1.82, 2.24) is 9.78 Å². The third-order valence-electron chi connectivity index (χ3n) is 2.56. The van der Waals surface area contributed by atoms with Crippen LogP contribution in [-0.4, -0.2) is 15.7 Å². The fourth-order valence-corrected chi connectivity index (χ4v) is 2.78. The smallest absolute Gasteiger partial charge is 0.256 e. The summed E-state index contributed by atoms with van der Waals surface area (Å²) in [6, 6.07) is 5.70. The van der Waals surface area contributed by atoms with Crippen molar-refractivity contribution in [1.29, 1.82) is 0 Å². The van der Waals surface area contributed by atoms with Crippen molar-refractivity contribution in [2.75, 3.05) is 5.32 Å². The second-order valence-corrected chi connectivity index (χ2v) is 6.15. The van der Waals surface area contributed by atoms with Gasteiger partial charge in [-0.1, -0.05) is 15.9 Å². The summed E-state index contributed by atoms with van der Waals surface area (Å²) in [5.41, 5.74) is 1.27. The maximum Gasteiger partial charge on any atom is 0.256 e. The Balaban J connectivity index is 2.16. The topological polar surface area (TPSA) is 46.9 Å². The van der Waals surface area contributed by atoms with Crippen LogP contribution in [0.3, 0.4) is 0 Å². The number of nitrogens with one attached hydrogen (secondary N) is 1. The van der Waals surface area contributed by atoms with Gasteiger partial charge in [0.2, 0.25) is 0 Å². The average molecular weight is 387 g/mol. The Bertz CT molecular complexity index is 608. The first kappa shape index (κ1) is 14.3. The lowest BCUT2D eigenvalue weighted by Gasteiger charge is -2.06. The number of anilines is 1. The van der Waals surface area contributed by atoms with Crippen LogP contribution in [0.15, 0.2) is 39.5 Å². The molecule has 6 heteroatoms. The van der Waals surface area contributed by atoms with Gasteiger partial charge in [0.05, 0.1) is 17.4 Å². The number of amides is 1. The maximum absolute atomic E-state index is 12.1. The van der Waals surface area contributed by atoms with Crippen LogP contribution < -0.4 is 5.32 Å². The zero-order valence-electron chi connectivity index (χ0n) is 10.5. The Morgan fingerprint density at radius 2 is 2.11 bits per heavy atom. The lowest BCUT2D eigenvalue weighted by molar-refractivity contribution is 0.102. The second kappa shape index (κ2) is 5.88. The largest absolute Gasteiger partial charge is 0.319 e. The van der Waals surface area contributed by atoms with Crippen molar-refractivity contribution in [3.63, 3.8) is 0 Å². The van der Waals surface area contributed by atoms with E-state index < -0.39 is 0 Å². The lowest BCUT2D eigenvalue weighted by atomic mass is 10.2. The van der Waals surface area contributed by atoms with E-state index in [9.17, 15) is 4.79 Å². The molecule has 1 aromatic heterocycles. The first-order valence-electron chi connectivity index (χ1n) is 5.78. The molecule has 0 spiro atoms. The van der Waals surface area contributed by atoms with Crippen LogP contribution >= 0.6 is 31.9 Å². The fourth-order valence-electron chi connectivity index (χ4n) is 1.56. The van der Waals surface area contributed by atoms with Crippen LogP contribution in [0.2, 0.25) is 0 Å². The molecule has 0 bridgehead atoms. The maximum atomic E-state index is 12.1. The van der Waals surface area contributed by atoms with Gasteiger partial charge in [-0.05, 0) is 48.0 Å². The third-order valence-corrected chi connectivity index (χ3v) is 3.71. The number of rotatable bonds is 3. The van der Waals surface area contributed by atoms with E-state index in [0.717, 1.165) is 8.95 Å². The highest BCUT2D eigenvalue weighted by Crippen LogP contribution is 2.23. The second-order valence-electron chi connectivity index (χ2n) is 4.38. The van der Waals surface area contributed by atoms with Crippen LogP contribution in [0.1, 0.15) is 30.2 Å². The Morgan fingerprint density at radius 1 is 1.37 bits per heavy atom. The van der Waals surface area contributed by atoms with Crippen molar-refractivity contribution in [2.45, 2.75) is 19.9 Å². The molecule has 0 fully saturated rings. The van der Waals surface area contributed by atoms with E-state index in [1.807, 2.05) is 32.2 Å². The van der Waals surface area contributed by atoms with Gasteiger partial charge in [-0.2, -0.15) is 5.10 Å². The molecule has 1 aromatic carbocycles. The monoisotopic (exact) mass is 385 g/mol. The van der Waals surface area contributed by atoms with Crippen molar-refractivity contribution in [2.24, 2.45) is 0 Å². The minimum Gasteiger partial charge on any atom is -0.319 e. The summed E-state index contributed by atoms with van der Waals surface area (Å²) in [6.45, 7) is 4.06. The summed E-state index contributed by atoms with van der Waals surface area (Å²) in [6.07, 6.45) is 3.46. The van der Waals surface area contributed by atoms with E-state index in [-0.39, 0.29) is 11.9 Å². The quantitative estimate of drug-likeness (QED) is 0.857. The molecule has 0 radical (unpaired) electrons. The Hall–Kier alpha value is -1.14. The first-order valence-corrected chi connectivity index (χ1v) is 7.36. The Kier molecular flexibility index (Phi) is 4.42. The van der Waals surface area contributed by atoms with Gasteiger partial charge in [0, 0.05) is 21.2 Å². The van der Waals surface area contributed by atoms with E-state index in [1.54, 1.807) is 16.9 Å². The summed E-state index contributed by atoms with van der Waals surface area (Å²) in [5.74, 6) is -0.164. The summed E-state index contributed by atoms with van der Waals surface area (Å²) < 4.78 is 3.46. The van der Waals surface area contributed by atoms with Gasteiger partial charge < -0.3 is 5.32 Å². The summed E-state index contributed by atoms with van der Waals surface area (Å²) in [7, 11) is 0. The molecular formula is C13H13Br2N3O. The van der Waals surface area contributed by atoms with Crippen LogP contribution in [0.25, 0.3) is 0 Å².